The number of rotatable bonds is 19. The number of nitrogen functional groups attached to an aromatic ring is 1. The van der Waals surface area contributed by atoms with Crippen LogP contribution in [0, 0.1) is 25.6 Å². The minimum Gasteiger partial charge on any atom is -0.486 e. The predicted molar refractivity (Wildman–Crippen MR) is 294 cm³/mol. The zero-order chi connectivity index (χ0) is 57.4. The highest BCUT2D eigenvalue weighted by Gasteiger charge is 2.44. The van der Waals surface area contributed by atoms with E-state index in [9.17, 15) is 14.7 Å². The molecule has 0 saturated carbocycles. The lowest BCUT2D eigenvalue weighted by atomic mass is 9.88. The molecule has 0 radical (unpaired) electrons. The lowest BCUT2D eigenvalue weighted by molar-refractivity contribution is -0.142. The molecular weight excluding hydrogens is 1050 g/mol. The van der Waals surface area contributed by atoms with Crippen LogP contribution in [0.2, 0.25) is 0 Å². The number of fused-ring (bicyclic) bond motifs is 3. The van der Waals surface area contributed by atoms with Gasteiger partial charge < -0.3 is 45.5 Å². The number of ether oxygens (including phenoxy) is 3. The normalized spacial score (nSPS) is 18.1. The van der Waals surface area contributed by atoms with Gasteiger partial charge in [-0.05, 0) is 74.8 Å². The number of carbonyl (C=O) groups is 2. The third-order valence-electron chi connectivity index (χ3n) is 15.5. The molecule has 10 rings (SSSR count). The van der Waals surface area contributed by atoms with Crippen LogP contribution in [0.5, 0.6) is 11.8 Å². The van der Waals surface area contributed by atoms with Crippen molar-refractivity contribution in [1.82, 2.24) is 50.5 Å². The number of amides is 2. The Balaban J connectivity index is 0.931. The number of piperazine rings is 1. The fourth-order valence-corrected chi connectivity index (χ4v) is 11.2. The Morgan fingerprint density at radius 1 is 1.00 bits per heavy atom. The molecule has 7 aromatic rings. The Labute approximate surface area is 464 Å². The number of carbonyl (C=O) groups excluding carboxylic acids is 2. The number of hydrogen-bond donors (Lipinski definition) is 5. The van der Waals surface area contributed by atoms with Crippen LogP contribution < -0.4 is 36.2 Å². The van der Waals surface area contributed by atoms with Crippen LogP contribution in [0.1, 0.15) is 85.6 Å². The van der Waals surface area contributed by atoms with Gasteiger partial charge in [-0.1, -0.05) is 67.6 Å². The zero-order valence-corrected chi connectivity index (χ0v) is 45.7. The Bertz CT molecular complexity index is 3490. The maximum absolute atomic E-state index is 15.8. The second kappa shape index (κ2) is 23.1. The van der Waals surface area contributed by atoms with E-state index in [0.29, 0.717) is 54.9 Å². The van der Waals surface area contributed by atoms with E-state index >= 15 is 17.6 Å². The van der Waals surface area contributed by atoms with E-state index in [1.165, 1.54) is 18.7 Å². The monoisotopic (exact) mass is 1110 g/mol. The van der Waals surface area contributed by atoms with Crippen molar-refractivity contribution < 1.29 is 51.9 Å². The number of alkyl halides is 3. The minimum atomic E-state index is -5.02. The molecule has 2 bridgehead atoms. The van der Waals surface area contributed by atoms with E-state index in [1.807, 2.05) is 49.9 Å². The van der Waals surface area contributed by atoms with Crippen LogP contribution in [0.4, 0.5) is 29.1 Å². The highest BCUT2D eigenvalue weighted by atomic mass is 19.4. The smallest absolute Gasteiger partial charge is 0.417 e. The number of likely N-dealkylation sites (tertiary alicyclic amines) is 1. The predicted octanol–water partition coefficient (Wildman–Crippen LogP) is 6.13. The summed E-state index contributed by atoms with van der Waals surface area (Å²) in [4.78, 5) is 50.2. The van der Waals surface area contributed by atoms with Crippen molar-refractivity contribution in [2.45, 2.75) is 103 Å². The van der Waals surface area contributed by atoms with Gasteiger partial charge in [0.25, 0.3) is 0 Å². The summed E-state index contributed by atoms with van der Waals surface area (Å²) in [6, 6.07) is 13.8. The molecule has 2 amide bonds. The van der Waals surface area contributed by atoms with Gasteiger partial charge in [0.05, 0.1) is 47.5 Å². The van der Waals surface area contributed by atoms with Crippen LogP contribution in [0.15, 0.2) is 79.3 Å². The first-order valence-electron chi connectivity index (χ1n) is 26.9. The Morgan fingerprint density at radius 3 is 2.40 bits per heavy atom. The molecular formula is C58H64F4N13O6+. The Hall–Kier alpha value is -8.15. The van der Waals surface area contributed by atoms with Gasteiger partial charge in [-0.15, -0.1) is 5.10 Å². The summed E-state index contributed by atoms with van der Waals surface area (Å²) < 4.78 is 82.8. The zero-order valence-electron chi connectivity index (χ0n) is 45.7. The van der Waals surface area contributed by atoms with Crippen LogP contribution in [-0.4, -0.2) is 127 Å². The number of benzene rings is 4. The number of aromatic nitrogens is 7. The maximum atomic E-state index is 15.8. The number of aliphatic hydroxyl groups is 1. The van der Waals surface area contributed by atoms with Gasteiger partial charge in [-0.3, -0.25) is 25.0 Å². The maximum Gasteiger partial charge on any atom is 0.417 e. The summed E-state index contributed by atoms with van der Waals surface area (Å²) in [5.41, 5.74) is 8.59. The molecule has 19 nitrogen and oxygen atoms in total. The van der Waals surface area contributed by atoms with Crippen molar-refractivity contribution >= 4 is 40.4 Å². The molecule has 0 aliphatic carbocycles. The van der Waals surface area contributed by atoms with E-state index in [-0.39, 0.29) is 107 Å². The lowest BCUT2D eigenvalue weighted by Crippen LogP contribution is -2.50. The molecule has 23 heteroatoms. The second-order valence-electron chi connectivity index (χ2n) is 21.2. The molecule has 424 valence electrons. The van der Waals surface area contributed by atoms with Crippen molar-refractivity contribution in [3.63, 3.8) is 0 Å². The molecule has 7 N–H and O–H groups in total. The highest BCUT2D eigenvalue weighted by Crippen LogP contribution is 2.51. The number of anilines is 2. The average Bonchev–Trinajstić information content (AvgIpc) is 4.43. The summed E-state index contributed by atoms with van der Waals surface area (Å²) in [5.74, 6) is -1.93. The summed E-state index contributed by atoms with van der Waals surface area (Å²) in [5, 5.41) is 31.8. The number of hydrogen-bond acceptors (Lipinski definition) is 15. The third kappa shape index (κ3) is 11.2. The number of nitrogens with zero attached hydrogens (tertiary/aromatic N) is 9. The molecule has 0 unspecified atom stereocenters. The van der Waals surface area contributed by atoms with E-state index < -0.39 is 41.2 Å². The SMILES string of the molecule is CO[C@@H](C)COc1nc(N2C[C@@H]3C[C@H]2CN3)c2cc(C(F)(F)F)c(-c3c(C)c(F)cc(N)c3C=[NH2+])c(OCc3ccc(-c4cn([C@H](C(=O)N5CCC[C@H]5C(=O)N[C@@H](CO)c5ccc(-c6nccnc6C)cc5)C(C)C)nn4)cc3)c2n1. The molecule has 3 saturated heterocycles. The molecule has 81 heavy (non-hydrogen) atoms. The summed E-state index contributed by atoms with van der Waals surface area (Å²) in [6.07, 6.45) is 2.31. The quantitative estimate of drug-likeness (QED) is 0.0348. The summed E-state index contributed by atoms with van der Waals surface area (Å²) in [7, 11) is 1.52. The van der Waals surface area contributed by atoms with E-state index in [0.717, 1.165) is 41.7 Å². The molecule has 3 aromatic heterocycles. The molecule has 0 spiro atoms. The molecule has 3 aliphatic rings. The lowest BCUT2D eigenvalue weighted by Gasteiger charge is -2.30. The number of aryl methyl sites for hydroxylation is 1. The number of halogens is 4. The van der Waals surface area contributed by atoms with Gasteiger partial charge in [0.2, 0.25) is 11.8 Å². The van der Waals surface area contributed by atoms with E-state index in [4.69, 9.17) is 35.3 Å². The summed E-state index contributed by atoms with van der Waals surface area (Å²) in [6.45, 7) is 9.53. The molecule has 6 heterocycles. The van der Waals surface area contributed by atoms with Crippen molar-refractivity contribution in [3.8, 4) is 45.4 Å². The number of nitrogens with two attached hydrogens (primary N) is 2. The van der Waals surface area contributed by atoms with Crippen LogP contribution in [0.3, 0.4) is 0 Å². The van der Waals surface area contributed by atoms with Gasteiger partial charge in [0, 0.05) is 84.5 Å². The standard InChI is InChI=1S/C58H63F4N13O6/c1-30(2)52(56(78)73-19-7-8-47(73)55(77)68-46(27-76)36-13-15-37(16-14-36)50-33(5)65-17-18-66-50)75-26-45(71-72-75)35-11-9-34(10-12-35)29-80-53-49(48-32(4)43(59)22-44(64)41(48)23-63)42(58(60,61)62)21-40-51(53)69-57(81-28-31(3)79-6)70-54(40)74-25-38-20-39(74)24-67-38/h9-18,21-23,26,30-31,38-39,46-47,52,63,67,76H,7-8,19-20,24-25,27-29,64H2,1-6H3,(H,68,77)/p+1/t31-,38-,39-,46-,47-,52-/m0/s1. The fraction of sp³-hybridized carbons (Fsp3) is 0.397. The van der Waals surface area contributed by atoms with Crippen molar-refractivity contribution in [2.24, 2.45) is 5.92 Å². The van der Waals surface area contributed by atoms with Crippen LogP contribution in [0.25, 0.3) is 44.5 Å². The Morgan fingerprint density at radius 2 is 1.74 bits per heavy atom. The van der Waals surface area contributed by atoms with Gasteiger partial charge >= 0.3 is 12.2 Å². The molecule has 6 atom stereocenters. The van der Waals surface area contributed by atoms with Crippen molar-refractivity contribution in [2.75, 3.05) is 50.6 Å². The van der Waals surface area contributed by atoms with Gasteiger partial charge in [0.15, 0.2) is 12.0 Å². The van der Waals surface area contributed by atoms with Crippen LogP contribution >= 0.6 is 0 Å². The second-order valence-corrected chi connectivity index (χ2v) is 21.2. The van der Waals surface area contributed by atoms with Crippen molar-refractivity contribution in [1.29, 1.82) is 0 Å². The molecule has 3 aliphatic heterocycles. The molecule has 3 fully saturated rings. The van der Waals surface area contributed by atoms with Gasteiger partial charge in [-0.25, -0.2) is 9.07 Å². The minimum absolute atomic E-state index is 0.0156. The first-order valence-corrected chi connectivity index (χ1v) is 26.9. The Kier molecular flexibility index (Phi) is 16.0. The average molecular weight is 1120 g/mol. The van der Waals surface area contributed by atoms with E-state index in [2.05, 4.69) is 30.9 Å². The topological polar surface area (TPSA) is 246 Å². The highest BCUT2D eigenvalue weighted by molar-refractivity contribution is 6.05. The third-order valence-corrected chi connectivity index (χ3v) is 15.5. The summed E-state index contributed by atoms with van der Waals surface area (Å²) >= 11 is 0. The number of nitrogens with one attached hydrogen (secondary N) is 2. The first kappa shape index (κ1) is 56.1. The fourth-order valence-electron chi connectivity index (χ4n) is 11.2. The molecule has 4 aromatic carbocycles. The van der Waals surface area contributed by atoms with Gasteiger partial charge in [-0.2, -0.15) is 23.1 Å². The van der Waals surface area contributed by atoms with E-state index in [1.54, 1.807) is 54.7 Å². The number of methoxy groups -OCH3 is 1. The largest absolute Gasteiger partial charge is 0.486 e. The van der Waals surface area contributed by atoms with Gasteiger partial charge in [0.1, 0.15) is 48.1 Å². The number of aliphatic hydroxyl groups excluding tert-OH is 1. The van der Waals surface area contributed by atoms with Crippen molar-refractivity contribution in [3.05, 3.63) is 119 Å². The first-order chi connectivity index (χ1) is 38.9. The van der Waals surface area contributed by atoms with Crippen LogP contribution in [-0.2, 0) is 27.1 Å².